The van der Waals surface area contributed by atoms with E-state index in [1.807, 2.05) is 0 Å². The van der Waals surface area contributed by atoms with Crippen LogP contribution in [0, 0.1) is 5.41 Å². The first-order valence-electron chi connectivity index (χ1n) is 8.90. The van der Waals surface area contributed by atoms with Crippen molar-refractivity contribution in [3.05, 3.63) is 35.5 Å². The number of para-hydroxylation sites is 1. The number of rotatable bonds is 2. The first-order valence-corrected chi connectivity index (χ1v) is 8.90. The lowest BCUT2D eigenvalue weighted by molar-refractivity contribution is -0.0866. The Balaban J connectivity index is 1.81. The van der Waals surface area contributed by atoms with Gasteiger partial charge in [-0.25, -0.2) is 0 Å². The maximum atomic E-state index is 11.0. The molecule has 4 heterocycles. The summed E-state index contributed by atoms with van der Waals surface area (Å²) < 4.78 is 2.20. The Morgan fingerprint density at radius 2 is 2.09 bits per heavy atom. The molecule has 3 aliphatic rings. The fourth-order valence-electron chi connectivity index (χ4n) is 5.73. The number of fused-ring (bicyclic) bond motifs is 3. The van der Waals surface area contributed by atoms with Crippen LogP contribution in [-0.4, -0.2) is 39.4 Å². The van der Waals surface area contributed by atoms with Crippen LogP contribution in [0.5, 0.6) is 0 Å². The van der Waals surface area contributed by atoms with Crippen molar-refractivity contribution in [1.29, 1.82) is 0 Å². The molecule has 1 aromatic carbocycles. The third-order valence-electron chi connectivity index (χ3n) is 6.53. The highest BCUT2D eigenvalue weighted by molar-refractivity contribution is 5.86. The number of piperidine rings is 1. The van der Waals surface area contributed by atoms with Gasteiger partial charge in [0.2, 0.25) is 0 Å². The van der Waals surface area contributed by atoms with Gasteiger partial charge in [0, 0.05) is 30.7 Å². The summed E-state index contributed by atoms with van der Waals surface area (Å²) in [5.41, 5.74) is 3.98. The first kappa shape index (κ1) is 14.0. The largest absolute Gasteiger partial charge is 0.396 e. The molecular formula is C19H24N2O2. The van der Waals surface area contributed by atoms with Crippen LogP contribution in [0.4, 0.5) is 0 Å². The molecule has 1 fully saturated rings. The van der Waals surface area contributed by atoms with Gasteiger partial charge >= 0.3 is 0 Å². The Morgan fingerprint density at radius 3 is 2.96 bits per heavy atom. The minimum atomic E-state index is -0.468. The Bertz CT molecular complexity index is 764. The molecule has 3 atom stereocenters. The molecule has 2 N–H and O–H groups in total. The van der Waals surface area contributed by atoms with E-state index in [1.54, 1.807) is 0 Å². The van der Waals surface area contributed by atoms with Gasteiger partial charge in [0.25, 0.3) is 0 Å². The molecule has 4 nitrogen and oxygen atoms in total. The molecule has 5 rings (SSSR count). The van der Waals surface area contributed by atoms with E-state index in [2.05, 4.69) is 33.7 Å². The number of aromatic nitrogens is 1. The standard InChI is InChI=1S/C19H24N2O2/c22-11-8-19-7-3-9-20-10-6-14-13-4-1-2-5-15(13)21(16(23)12-19)17(14)18(19)20/h1-2,4-5,16,18,22-23H,3,6-12H2/t16-,18+,19-/m1/s1. The smallest absolute Gasteiger partial charge is 0.131 e. The molecule has 0 radical (unpaired) electrons. The van der Waals surface area contributed by atoms with Gasteiger partial charge in [0.15, 0.2) is 0 Å². The monoisotopic (exact) mass is 312 g/mol. The van der Waals surface area contributed by atoms with E-state index in [-0.39, 0.29) is 12.0 Å². The third kappa shape index (κ3) is 1.72. The van der Waals surface area contributed by atoms with E-state index < -0.39 is 6.23 Å². The van der Waals surface area contributed by atoms with Gasteiger partial charge in [-0.15, -0.1) is 0 Å². The zero-order valence-corrected chi connectivity index (χ0v) is 13.4. The second kappa shape index (κ2) is 4.82. The first-order chi connectivity index (χ1) is 11.2. The van der Waals surface area contributed by atoms with Gasteiger partial charge in [-0.05, 0) is 49.3 Å². The van der Waals surface area contributed by atoms with Gasteiger partial charge in [-0.1, -0.05) is 18.2 Å². The molecule has 0 amide bonds. The maximum absolute atomic E-state index is 11.0. The molecule has 122 valence electrons. The van der Waals surface area contributed by atoms with Crippen molar-refractivity contribution >= 4 is 10.9 Å². The molecule has 23 heavy (non-hydrogen) atoms. The zero-order chi connectivity index (χ0) is 15.6. The maximum Gasteiger partial charge on any atom is 0.131 e. The lowest BCUT2D eigenvalue weighted by Gasteiger charge is -2.56. The summed E-state index contributed by atoms with van der Waals surface area (Å²) >= 11 is 0. The van der Waals surface area contributed by atoms with Crippen LogP contribution in [-0.2, 0) is 6.42 Å². The van der Waals surface area contributed by atoms with Crippen molar-refractivity contribution < 1.29 is 10.2 Å². The molecule has 0 bridgehead atoms. The van der Waals surface area contributed by atoms with E-state index in [4.69, 9.17) is 0 Å². The topological polar surface area (TPSA) is 48.6 Å². The van der Waals surface area contributed by atoms with Crippen molar-refractivity contribution in [2.45, 2.75) is 44.4 Å². The predicted molar refractivity (Wildman–Crippen MR) is 89.2 cm³/mol. The molecule has 0 saturated carbocycles. The van der Waals surface area contributed by atoms with Crippen molar-refractivity contribution in [3.8, 4) is 0 Å². The van der Waals surface area contributed by atoms with E-state index in [0.717, 1.165) is 38.8 Å². The van der Waals surface area contributed by atoms with Crippen LogP contribution in [0.25, 0.3) is 10.9 Å². The molecule has 4 heteroatoms. The molecular weight excluding hydrogens is 288 g/mol. The minimum absolute atomic E-state index is 0.0337. The lowest BCUT2D eigenvalue weighted by atomic mass is 9.64. The lowest BCUT2D eigenvalue weighted by Crippen LogP contribution is -2.53. The highest BCUT2D eigenvalue weighted by Crippen LogP contribution is 2.59. The summed E-state index contributed by atoms with van der Waals surface area (Å²) in [6, 6.07) is 8.88. The highest BCUT2D eigenvalue weighted by Gasteiger charge is 2.53. The summed E-state index contributed by atoms with van der Waals surface area (Å²) in [6.45, 7) is 2.47. The van der Waals surface area contributed by atoms with Gasteiger partial charge in [-0.3, -0.25) is 4.90 Å². The molecule has 1 aromatic heterocycles. The highest BCUT2D eigenvalue weighted by atomic mass is 16.3. The number of benzene rings is 1. The normalized spacial score (nSPS) is 33.0. The van der Waals surface area contributed by atoms with Crippen molar-refractivity contribution in [2.75, 3.05) is 19.7 Å². The second-order valence-electron chi connectivity index (χ2n) is 7.56. The quantitative estimate of drug-likeness (QED) is 0.896. The van der Waals surface area contributed by atoms with Gasteiger partial charge < -0.3 is 14.8 Å². The van der Waals surface area contributed by atoms with Gasteiger partial charge in [0.05, 0.1) is 11.6 Å². The zero-order valence-electron chi connectivity index (χ0n) is 13.4. The van der Waals surface area contributed by atoms with Crippen LogP contribution in [0.1, 0.15) is 49.2 Å². The molecule has 3 aliphatic heterocycles. The van der Waals surface area contributed by atoms with E-state index in [1.165, 1.54) is 28.6 Å². The Hall–Kier alpha value is -1.36. The summed E-state index contributed by atoms with van der Waals surface area (Å²) in [7, 11) is 0. The fraction of sp³-hybridized carbons (Fsp3) is 0.579. The van der Waals surface area contributed by atoms with Crippen LogP contribution in [0.2, 0.25) is 0 Å². The molecule has 2 aromatic rings. The minimum Gasteiger partial charge on any atom is -0.396 e. The van der Waals surface area contributed by atoms with E-state index in [9.17, 15) is 10.2 Å². The number of hydrogen-bond acceptors (Lipinski definition) is 3. The number of aliphatic hydroxyl groups excluding tert-OH is 2. The summed E-state index contributed by atoms with van der Waals surface area (Å²) in [5.74, 6) is 0. The van der Waals surface area contributed by atoms with E-state index in [0.29, 0.717) is 6.04 Å². The average Bonchev–Trinajstić information content (AvgIpc) is 2.90. The van der Waals surface area contributed by atoms with Crippen LogP contribution < -0.4 is 0 Å². The average molecular weight is 312 g/mol. The molecule has 0 aliphatic carbocycles. The number of aliphatic hydroxyl groups is 2. The molecule has 0 spiro atoms. The Kier molecular flexibility index (Phi) is 2.94. The van der Waals surface area contributed by atoms with Crippen LogP contribution in [0.3, 0.4) is 0 Å². The SMILES string of the molecule is OCC[C@]12CCCN3CCc4c(n(c5ccccc45)[C@H](O)C1)[C@H]32. The molecule has 1 saturated heterocycles. The van der Waals surface area contributed by atoms with Crippen LogP contribution >= 0.6 is 0 Å². The van der Waals surface area contributed by atoms with Gasteiger partial charge in [-0.2, -0.15) is 0 Å². The van der Waals surface area contributed by atoms with Crippen molar-refractivity contribution in [1.82, 2.24) is 9.47 Å². The molecule has 0 unspecified atom stereocenters. The Labute approximate surface area is 136 Å². The summed E-state index contributed by atoms with van der Waals surface area (Å²) in [5, 5.41) is 22.0. The van der Waals surface area contributed by atoms with Crippen molar-refractivity contribution in [2.24, 2.45) is 5.41 Å². The van der Waals surface area contributed by atoms with Gasteiger partial charge in [0.1, 0.15) is 6.23 Å². The van der Waals surface area contributed by atoms with E-state index >= 15 is 0 Å². The van der Waals surface area contributed by atoms with Crippen LogP contribution in [0.15, 0.2) is 24.3 Å². The van der Waals surface area contributed by atoms with Crippen molar-refractivity contribution in [3.63, 3.8) is 0 Å². The second-order valence-corrected chi connectivity index (χ2v) is 7.56. The fourth-order valence-corrected chi connectivity index (χ4v) is 5.73. The third-order valence-corrected chi connectivity index (χ3v) is 6.53. The summed E-state index contributed by atoms with van der Waals surface area (Å²) in [4.78, 5) is 2.61. The Morgan fingerprint density at radius 1 is 1.22 bits per heavy atom. The summed E-state index contributed by atoms with van der Waals surface area (Å²) in [6.07, 6.45) is 4.46. The number of nitrogens with zero attached hydrogens (tertiary/aromatic N) is 2. The predicted octanol–water partition coefficient (Wildman–Crippen LogP) is 2.60. The number of hydrogen-bond donors (Lipinski definition) is 2.